The Balaban J connectivity index is 1.92. The lowest BCUT2D eigenvalue weighted by molar-refractivity contribution is -0.113. The number of carbonyl (C=O) groups is 1. The molecule has 0 unspecified atom stereocenters. The molecule has 2 aromatic rings. The molecule has 0 radical (unpaired) electrons. The largest absolute Gasteiger partial charge is 0.322 e. The Morgan fingerprint density at radius 3 is 2.90 bits per heavy atom. The maximum atomic E-state index is 12.4. The van der Waals surface area contributed by atoms with Crippen molar-refractivity contribution in [3.05, 3.63) is 47.3 Å². The number of hydrogen-bond acceptors (Lipinski definition) is 2. The Hall–Kier alpha value is -1.87. The van der Waals surface area contributed by atoms with E-state index in [0.717, 1.165) is 47.7 Å². The van der Waals surface area contributed by atoms with Gasteiger partial charge in [-0.3, -0.25) is 9.78 Å². The maximum Gasteiger partial charge on any atom is 0.252 e. The zero-order chi connectivity index (χ0) is 13.9. The molecule has 1 heterocycles. The molecule has 1 aromatic carbocycles. The van der Waals surface area contributed by atoms with Crippen molar-refractivity contribution in [3.8, 4) is 0 Å². The normalized spacial score (nSPS) is 15.4. The molecule has 1 N–H and O–H groups in total. The lowest BCUT2D eigenvalue weighted by atomic mass is 9.98. The predicted octanol–water partition coefficient (Wildman–Crippen LogP) is 4.24. The Kier molecular flexibility index (Phi) is 3.70. The molecule has 102 valence electrons. The summed E-state index contributed by atoms with van der Waals surface area (Å²) >= 11 is 6.17. The second kappa shape index (κ2) is 5.63. The smallest absolute Gasteiger partial charge is 0.252 e. The summed E-state index contributed by atoms with van der Waals surface area (Å²) in [7, 11) is 0. The van der Waals surface area contributed by atoms with Crippen LogP contribution in [0.3, 0.4) is 0 Å². The third-order valence-corrected chi connectivity index (χ3v) is 4.02. The number of hydrogen-bond donors (Lipinski definition) is 1. The van der Waals surface area contributed by atoms with Gasteiger partial charge >= 0.3 is 0 Å². The van der Waals surface area contributed by atoms with E-state index >= 15 is 0 Å². The van der Waals surface area contributed by atoms with E-state index < -0.39 is 0 Å². The highest BCUT2D eigenvalue weighted by atomic mass is 35.5. The van der Waals surface area contributed by atoms with Crippen LogP contribution in [0.4, 0.5) is 5.69 Å². The van der Waals surface area contributed by atoms with E-state index in [0.29, 0.717) is 5.03 Å². The van der Waals surface area contributed by atoms with Crippen LogP contribution in [-0.2, 0) is 4.79 Å². The van der Waals surface area contributed by atoms with E-state index in [9.17, 15) is 4.79 Å². The zero-order valence-corrected chi connectivity index (χ0v) is 11.8. The molecule has 1 aromatic heterocycles. The molecule has 1 aliphatic rings. The summed E-state index contributed by atoms with van der Waals surface area (Å²) in [5.41, 5.74) is 1.53. The molecule has 1 amide bonds. The Bertz CT molecular complexity index is 688. The van der Waals surface area contributed by atoms with Crippen molar-refractivity contribution in [2.45, 2.75) is 25.7 Å². The van der Waals surface area contributed by atoms with E-state index in [1.807, 2.05) is 24.3 Å². The van der Waals surface area contributed by atoms with E-state index in [1.165, 1.54) is 0 Å². The van der Waals surface area contributed by atoms with Crippen LogP contribution in [0, 0.1) is 0 Å². The number of halogens is 1. The number of carbonyl (C=O) groups excluding carboxylic acids is 1. The van der Waals surface area contributed by atoms with Gasteiger partial charge in [-0.15, -0.1) is 0 Å². The lowest BCUT2D eigenvalue weighted by Crippen LogP contribution is -2.17. The Morgan fingerprint density at radius 2 is 2.05 bits per heavy atom. The van der Waals surface area contributed by atoms with Crippen LogP contribution < -0.4 is 5.32 Å². The highest BCUT2D eigenvalue weighted by Gasteiger charge is 2.18. The number of amides is 1. The van der Waals surface area contributed by atoms with Crippen LogP contribution in [0.25, 0.3) is 10.8 Å². The first-order valence-corrected chi connectivity index (χ1v) is 7.15. The topological polar surface area (TPSA) is 42.0 Å². The quantitative estimate of drug-likeness (QED) is 0.897. The second-order valence-electron chi connectivity index (χ2n) is 4.95. The van der Waals surface area contributed by atoms with Crippen molar-refractivity contribution < 1.29 is 4.79 Å². The molecule has 0 fully saturated rings. The number of pyridine rings is 1. The van der Waals surface area contributed by atoms with E-state index in [4.69, 9.17) is 11.6 Å². The van der Waals surface area contributed by atoms with Crippen LogP contribution in [0.2, 0.25) is 0 Å². The highest BCUT2D eigenvalue weighted by molar-refractivity contribution is 6.32. The summed E-state index contributed by atoms with van der Waals surface area (Å²) < 4.78 is 0. The van der Waals surface area contributed by atoms with Crippen LogP contribution >= 0.6 is 11.6 Å². The number of aromatic nitrogens is 1. The number of fused-ring (bicyclic) bond motifs is 1. The third-order valence-electron chi connectivity index (χ3n) is 3.60. The molecule has 0 spiro atoms. The molecule has 0 saturated carbocycles. The van der Waals surface area contributed by atoms with Gasteiger partial charge < -0.3 is 5.32 Å². The molecule has 0 atom stereocenters. The fraction of sp³-hybridized carbons (Fsp3) is 0.250. The average Bonchev–Trinajstić information content (AvgIpc) is 2.48. The van der Waals surface area contributed by atoms with Gasteiger partial charge in [-0.1, -0.05) is 23.7 Å². The summed E-state index contributed by atoms with van der Waals surface area (Å²) in [4.78, 5) is 16.4. The second-order valence-corrected chi connectivity index (χ2v) is 5.40. The van der Waals surface area contributed by atoms with Crippen LogP contribution in [0.1, 0.15) is 25.7 Å². The number of allylic oxidation sites excluding steroid dienone is 1. The summed E-state index contributed by atoms with van der Waals surface area (Å²) in [6, 6.07) is 7.70. The minimum absolute atomic E-state index is 0.0842. The number of nitrogens with zero attached hydrogens (tertiary/aromatic N) is 1. The third kappa shape index (κ3) is 2.54. The lowest BCUT2D eigenvalue weighted by Gasteiger charge is -2.16. The minimum atomic E-state index is -0.0842. The van der Waals surface area contributed by atoms with E-state index in [1.54, 1.807) is 12.4 Å². The first-order valence-electron chi connectivity index (χ1n) is 6.77. The highest BCUT2D eigenvalue weighted by Crippen LogP contribution is 2.29. The molecule has 1 aliphatic carbocycles. The first kappa shape index (κ1) is 13.1. The van der Waals surface area contributed by atoms with Gasteiger partial charge in [0, 0.05) is 39.5 Å². The summed E-state index contributed by atoms with van der Waals surface area (Å²) in [5, 5.41) is 5.68. The van der Waals surface area contributed by atoms with Crippen molar-refractivity contribution >= 4 is 34.0 Å². The van der Waals surface area contributed by atoms with Crippen molar-refractivity contribution in [2.24, 2.45) is 0 Å². The van der Waals surface area contributed by atoms with Crippen molar-refractivity contribution in [1.82, 2.24) is 4.98 Å². The van der Waals surface area contributed by atoms with Crippen molar-refractivity contribution in [3.63, 3.8) is 0 Å². The molecular weight excluding hydrogens is 272 g/mol. The van der Waals surface area contributed by atoms with Gasteiger partial charge in [-0.25, -0.2) is 0 Å². The minimum Gasteiger partial charge on any atom is -0.322 e. The SMILES string of the molecule is O=C(Nc1cccc2cnccc12)C1=C(Cl)CCCC1. The fourth-order valence-electron chi connectivity index (χ4n) is 2.53. The Morgan fingerprint density at radius 1 is 1.20 bits per heavy atom. The van der Waals surface area contributed by atoms with Crippen LogP contribution in [0.15, 0.2) is 47.3 Å². The van der Waals surface area contributed by atoms with Crippen LogP contribution in [-0.4, -0.2) is 10.9 Å². The first-order chi connectivity index (χ1) is 9.75. The Labute approximate surface area is 122 Å². The molecule has 20 heavy (non-hydrogen) atoms. The van der Waals surface area contributed by atoms with E-state index in [2.05, 4.69) is 10.3 Å². The van der Waals surface area contributed by atoms with Gasteiger partial charge in [0.2, 0.25) is 0 Å². The van der Waals surface area contributed by atoms with Gasteiger partial charge in [-0.05, 0) is 37.8 Å². The number of anilines is 1. The van der Waals surface area contributed by atoms with Gasteiger partial charge in [0.15, 0.2) is 0 Å². The molecule has 3 nitrogen and oxygen atoms in total. The zero-order valence-electron chi connectivity index (χ0n) is 11.0. The molecular formula is C16H15ClN2O. The fourth-order valence-corrected chi connectivity index (χ4v) is 2.85. The average molecular weight is 287 g/mol. The number of nitrogens with one attached hydrogen (secondary N) is 1. The van der Waals surface area contributed by atoms with Gasteiger partial charge in [0.05, 0.1) is 0 Å². The van der Waals surface area contributed by atoms with E-state index in [-0.39, 0.29) is 5.91 Å². The van der Waals surface area contributed by atoms with Gasteiger partial charge in [-0.2, -0.15) is 0 Å². The molecule has 3 rings (SSSR count). The predicted molar refractivity (Wildman–Crippen MR) is 81.7 cm³/mol. The van der Waals surface area contributed by atoms with Crippen molar-refractivity contribution in [2.75, 3.05) is 5.32 Å². The van der Waals surface area contributed by atoms with Crippen LogP contribution in [0.5, 0.6) is 0 Å². The monoisotopic (exact) mass is 286 g/mol. The molecule has 4 heteroatoms. The molecule has 0 aliphatic heterocycles. The summed E-state index contributed by atoms with van der Waals surface area (Å²) in [6.45, 7) is 0. The number of rotatable bonds is 2. The standard InChI is InChI=1S/C16H15ClN2O/c17-14-6-2-1-5-13(14)16(20)19-15-7-3-4-11-10-18-9-8-12(11)15/h3-4,7-10H,1-2,5-6H2,(H,19,20). The van der Waals surface area contributed by atoms with Gasteiger partial charge in [0.25, 0.3) is 5.91 Å². The molecule has 0 bridgehead atoms. The summed E-state index contributed by atoms with van der Waals surface area (Å²) in [5.74, 6) is -0.0842. The summed E-state index contributed by atoms with van der Waals surface area (Å²) in [6.07, 6.45) is 7.18. The number of benzene rings is 1. The molecule has 0 saturated heterocycles. The van der Waals surface area contributed by atoms with Gasteiger partial charge in [0.1, 0.15) is 0 Å². The van der Waals surface area contributed by atoms with Crippen molar-refractivity contribution in [1.29, 1.82) is 0 Å². The maximum absolute atomic E-state index is 12.4.